The maximum atomic E-state index is 13.6. The first-order valence-electron chi connectivity index (χ1n) is 5.54. The molecule has 90 valence electrons. The molecule has 0 unspecified atom stereocenters. The van der Waals surface area contributed by atoms with Gasteiger partial charge in [0, 0.05) is 29.7 Å². The molecule has 0 saturated carbocycles. The first-order chi connectivity index (χ1) is 8.69. The van der Waals surface area contributed by atoms with Crippen molar-refractivity contribution in [2.45, 2.75) is 13.5 Å². The Balaban J connectivity index is 2.09. The molecule has 1 heterocycles. The molecule has 1 N–H and O–H groups in total. The summed E-state index contributed by atoms with van der Waals surface area (Å²) in [5, 5.41) is 11.8. The lowest BCUT2D eigenvalue weighted by Crippen LogP contribution is -2.02. The topological polar surface area (TPSA) is 48.7 Å². The van der Waals surface area contributed by atoms with Crippen LogP contribution in [0.1, 0.15) is 16.8 Å². The number of aryl methyl sites for hydroxylation is 1. The average molecular weight is 241 g/mol. The number of rotatable bonds is 3. The summed E-state index contributed by atoms with van der Waals surface area (Å²) in [7, 11) is 0. The van der Waals surface area contributed by atoms with Crippen LogP contribution in [0.25, 0.3) is 0 Å². The molecule has 0 radical (unpaired) electrons. The number of halogens is 1. The predicted octanol–water partition coefficient (Wildman–Crippen LogP) is 3.01. The van der Waals surface area contributed by atoms with Crippen LogP contribution in [0.15, 0.2) is 36.5 Å². The second kappa shape index (κ2) is 5.28. The van der Waals surface area contributed by atoms with Gasteiger partial charge in [0.05, 0.1) is 11.6 Å². The van der Waals surface area contributed by atoms with E-state index < -0.39 is 0 Å². The Morgan fingerprint density at radius 2 is 2.17 bits per heavy atom. The van der Waals surface area contributed by atoms with E-state index in [-0.39, 0.29) is 5.82 Å². The van der Waals surface area contributed by atoms with Crippen molar-refractivity contribution in [3.8, 4) is 6.07 Å². The largest absolute Gasteiger partial charge is 0.381 e. The number of nitriles is 1. The van der Waals surface area contributed by atoms with Gasteiger partial charge in [-0.2, -0.15) is 5.26 Å². The molecule has 0 spiro atoms. The van der Waals surface area contributed by atoms with Crippen LogP contribution in [-0.4, -0.2) is 4.98 Å². The summed E-state index contributed by atoms with van der Waals surface area (Å²) in [5.41, 5.74) is 2.66. The van der Waals surface area contributed by atoms with Crippen LogP contribution >= 0.6 is 0 Å². The molecule has 4 heteroatoms. The standard InChI is InChI=1S/C14H12FN3/c1-10-6-13(4-5-17-10)18-9-12-3-2-11(8-16)7-14(12)15/h2-7H,9H2,1H3,(H,17,18). The molecule has 0 bridgehead atoms. The van der Waals surface area contributed by atoms with E-state index in [0.29, 0.717) is 17.7 Å². The minimum absolute atomic E-state index is 0.330. The number of anilines is 1. The Kier molecular flexibility index (Phi) is 3.54. The van der Waals surface area contributed by atoms with Crippen molar-refractivity contribution in [3.05, 3.63) is 59.2 Å². The summed E-state index contributed by atoms with van der Waals surface area (Å²) in [6, 6.07) is 10.1. The molecular formula is C14H12FN3. The number of nitrogens with zero attached hydrogens (tertiary/aromatic N) is 2. The fourth-order valence-electron chi connectivity index (χ4n) is 1.61. The predicted molar refractivity (Wildman–Crippen MR) is 67.4 cm³/mol. The number of hydrogen-bond donors (Lipinski definition) is 1. The van der Waals surface area contributed by atoms with Crippen LogP contribution in [0.2, 0.25) is 0 Å². The second-order valence-electron chi connectivity index (χ2n) is 3.96. The number of aromatic nitrogens is 1. The quantitative estimate of drug-likeness (QED) is 0.898. The van der Waals surface area contributed by atoms with Crippen LogP contribution < -0.4 is 5.32 Å². The zero-order valence-electron chi connectivity index (χ0n) is 9.94. The van der Waals surface area contributed by atoms with Crippen molar-refractivity contribution in [2.24, 2.45) is 0 Å². The Hall–Kier alpha value is -2.41. The number of nitrogens with one attached hydrogen (secondary N) is 1. The summed E-state index contributed by atoms with van der Waals surface area (Å²) in [6.45, 7) is 2.27. The lowest BCUT2D eigenvalue weighted by atomic mass is 10.1. The van der Waals surface area contributed by atoms with E-state index in [1.807, 2.05) is 25.1 Å². The lowest BCUT2D eigenvalue weighted by Gasteiger charge is -2.08. The molecule has 18 heavy (non-hydrogen) atoms. The third-order valence-electron chi connectivity index (χ3n) is 2.56. The monoisotopic (exact) mass is 241 g/mol. The first kappa shape index (κ1) is 12.1. The van der Waals surface area contributed by atoms with Crippen LogP contribution in [0.4, 0.5) is 10.1 Å². The van der Waals surface area contributed by atoms with Gasteiger partial charge in [0.2, 0.25) is 0 Å². The molecule has 1 aromatic carbocycles. The third-order valence-corrected chi connectivity index (χ3v) is 2.56. The summed E-state index contributed by atoms with van der Waals surface area (Å²) in [4.78, 5) is 4.08. The zero-order chi connectivity index (χ0) is 13.0. The SMILES string of the molecule is Cc1cc(NCc2ccc(C#N)cc2F)ccn1. The molecular weight excluding hydrogens is 229 g/mol. The maximum Gasteiger partial charge on any atom is 0.129 e. The van der Waals surface area contributed by atoms with Crippen molar-refractivity contribution in [1.29, 1.82) is 5.26 Å². The van der Waals surface area contributed by atoms with E-state index in [9.17, 15) is 4.39 Å². The summed E-state index contributed by atoms with van der Waals surface area (Å²) in [5.74, 6) is -0.368. The van der Waals surface area contributed by atoms with Gasteiger partial charge in [0.15, 0.2) is 0 Å². The molecule has 0 saturated heterocycles. The molecule has 0 aliphatic heterocycles. The molecule has 2 aromatic rings. The number of benzene rings is 1. The van der Waals surface area contributed by atoms with Gasteiger partial charge in [-0.25, -0.2) is 4.39 Å². The highest BCUT2D eigenvalue weighted by molar-refractivity contribution is 5.44. The normalized spacial score (nSPS) is 9.83. The van der Waals surface area contributed by atoms with Gasteiger partial charge in [-0.05, 0) is 31.2 Å². The van der Waals surface area contributed by atoms with Crippen LogP contribution in [0, 0.1) is 24.1 Å². The molecule has 1 aromatic heterocycles. The molecule has 2 rings (SSSR count). The Morgan fingerprint density at radius 1 is 1.33 bits per heavy atom. The molecule has 3 nitrogen and oxygen atoms in total. The average Bonchev–Trinajstić information content (AvgIpc) is 2.37. The smallest absolute Gasteiger partial charge is 0.129 e. The van der Waals surface area contributed by atoms with Crippen molar-refractivity contribution in [3.63, 3.8) is 0 Å². The van der Waals surface area contributed by atoms with Gasteiger partial charge in [-0.3, -0.25) is 4.98 Å². The molecule has 0 aliphatic carbocycles. The van der Waals surface area contributed by atoms with Gasteiger partial charge in [-0.15, -0.1) is 0 Å². The van der Waals surface area contributed by atoms with Crippen molar-refractivity contribution < 1.29 is 4.39 Å². The minimum atomic E-state index is -0.368. The second-order valence-corrected chi connectivity index (χ2v) is 3.96. The van der Waals surface area contributed by atoms with E-state index in [0.717, 1.165) is 11.4 Å². The fourth-order valence-corrected chi connectivity index (χ4v) is 1.61. The maximum absolute atomic E-state index is 13.6. The van der Waals surface area contributed by atoms with Gasteiger partial charge in [0.1, 0.15) is 5.82 Å². The zero-order valence-corrected chi connectivity index (χ0v) is 9.94. The van der Waals surface area contributed by atoms with Crippen LogP contribution in [0.3, 0.4) is 0 Å². The molecule has 0 fully saturated rings. The first-order valence-corrected chi connectivity index (χ1v) is 5.54. The summed E-state index contributed by atoms with van der Waals surface area (Å²) < 4.78 is 13.6. The fraction of sp³-hybridized carbons (Fsp3) is 0.143. The van der Waals surface area contributed by atoms with E-state index in [4.69, 9.17) is 5.26 Å². The Labute approximate surface area is 105 Å². The Bertz CT molecular complexity index is 602. The third kappa shape index (κ3) is 2.83. The van der Waals surface area contributed by atoms with Gasteiger partial charge in [-0.1, -0.05) is 6.07 Å². The van der Waals surface area contributed by atoms with E-state index in [2.05, 4.69) is 10.3 Å². The molecule has 0 atom stereocenters. The lowest BCUT2D eigenvalue weighted by molar-refractivity contribution is 0.612. The van der Waals surface area contributed by atoms with Gasteiger partial charge >= 0.3 is 0 Å². The van der Waals surface area contributed by atoms with E-state index in [1.165, 1.54) is 6.07 Å². The summed E-state index contributed by atoms with van der Waals surface area (Å²) >= 11 is 0. The number of hydrogen-bond acceptors (Lipinski definition) is 3. The minimum Gasteiger partial charge on any atom is -0.381 e. The van der Waals surface area contributed by atoms with Crippen LogP contribution in [-0.2, 0) is 6.54 Å². The highest BCUT2D eigenvalue weighted by Crippen LogP contribution is 2.13. The summed E-state index contributed by atoms with van der Waals surface area (Å²) in [6.07, 6.45) is 1.70. The van der Waals surface area contributed by atoms with Crippen LogP contribution in [0.5, 0.6) is 0 Å². The highest BCUT2D eigenvalue weighted by atomic mass is 19.1. The van der Waals surface area contributed by atoms with Crippen molar-refractivity contribution in [2.75, 3.05) is 5.32 Å². The van der Waals surface area contributed by atoms with E-state index in [1.54, 1.807) is 18.3 Å². The molecule has 0 aliphatic rings. The van der Waals surface area contributed by atoms with Crippen molar-refractivity contribution >= 4 is 5.69 Å². The van der Waals surface area contributed by atoms with E-state index >= 15 is 0 Å². The van der Waals surface area contributed by atoms with Gasteiger partial charge < -0.3 is 5.32 Å². The Morgan fingerprint density at radius 3 is 2.83 bits per heavy atom. The highest BCUT2D eigenvalue weighted by Gasteiger charge is 2.03. The molecule has 0 amide bonds. The van der Waals surface area contributed by atoms with Gasteiger partial charge in [0.25, 0.3) is 0 Å². The van der Waals surface area contributed by atoms with Crippen molar-refractivity contribution in [1.82, 2.24) is 4.98 Å². The number of pyridine rings is 1.